The van der Waals surface area contributed by atoms with E-state index in [9.17, 15) is 4.79 Å². The van der Waals surface area contributed by atoms with Crippen molar-refractivity contribution in [3.8, 4) is 22.6 Å². The fraction of sp³-hybridized carbons (Fsp3) is 0.182. The minimum absolute atomic E-state index is 0. The second-order valence-corrected chi connectivity index (χ2v) is 9.89. The first-order valence-corrected chi connectivity index (χ1v) is 12.8. The summed E-state index contributed by atoms with van der Waals surface area (Å²) in [6.45, 7) is 9.20. The summed E-state index contributed by atoms with van der Waals surface area (Å²) in [6, 6.07) is 23.9. The second-order valence-electron chi connectivity index (χ2n) is 9.89. The Kier molecular flexibility index (Phi) is 8.67. The number of carbonyl (C=O) groups is 1. The van der Waals surface area contributed by atoms with Gasteiger partial charge < -0.3 is 18.9 Å². The van der Waals surface area contributed by atoms with E-state index >= 15 is 0 Å². The zero-order valence-corrected chi connectivity index (χ0v) is 25.3. The molecule has 40 heavy (non-hydrogen) atoms. The molecule has 0 fully saturated rings. The average Bonchev–Trinajstić information content (AvgIpc) is 3.48. The van der Waals surface area contributed by atoms with Crippen molar-refractivity contribution in [2.45, 2.75) is 40.5 Å². The molecule has 0 aliphatic carbocycles. The Balaban J connectivity index is 0.000000413. The molecule has 0 unspecified atom stereocenters. The Morgan fingerprint density at radius 3 is 2.40 bits per heavy atom. The monoisotopic (exact) mass is 710 g/mol. The largest absolute Gasteiger partial charge is 0.512 e. The third-order valence-electron chi connectivity index (χ3n) is 6.37. The van der Waals surface area contributed by atoms with Gasteiger partial charge in [-0.25, -0.2) is 4.98 Å². The molecule has 0 saturated heterocycles. The predicted molar refractivity (Wildman–Crippen MR) is 155 cm³/mol. The zero-order chi connectivity index (χ0) is 27.7. The summed E-state index contributed by atoms with van der Waals surface area (Å²) in [7, 11) is 0. The number of furan rings is 2. The number of allylic oxidation sites excluding steroid dienone is 2. The number of nitrogens with zero attached hydrogens (tertiary/aromatic N) is 2. The van der Waals surface area contributed by atoms with Crippen molar-refractivity contribution in [3.63, 3.8) is 0 Å². The number of aromatic nitrogens is 2. The number of aryl methyl sites for hydroxylation is 1. The molecule has 205 valence electrons. The van der Waals surface area contributed by atoms with Crippen LogP contribution in [0.15, 0.2) is 87.5 Å². The summed E-state index contributed by atoms with van der Waals surface area (Å²) in [5.74, 6) is 1.27. The van der Waals surface area contributed by atoms with Gasteiger partial charge in [0.05, 0.1) is 17.5 Å². The molecule has 1 N–H and O–H groups in total. The third-order valence-corrected chi connectivity index (χ3v) is 6.37. The van der Waals surface area contributed by atoms with Crippen LogP contribution in [-0.4, -0.2) is 20.9 Å². The molecule has 0 saturated carbocycles. The Morgan fingerprint density at radius 2 is 1.75 bits per heavy atom. The molecule has 0 aliphatic rings. The second kappa shape index (κ2) is 12.0. The van der Waals surface area contributed by atoms with Crippen molar-refractivity contribution in [1.82, 2.24) is 9.97 Å². The van der Waals surface area contributed by atoms with E-state index in [0.717, 1.165) is 55.6 Å². The van der Waals surface area contributed by atoms with Gasteiger partial charge in [0.15, 0.2) is 11.4 Å². The first-order chi connectivity index (χ1) is 18.7. The van der Waals surface area contributed by atoms with E-state index in [1.165, 1.54) is 25.5 Å². The summed E-state index contributed by atoms with van der Waals surface area (Å²) in [4.78, 5) is 19.2. The van der Waals surface area contributed by atoms with Crippen molar-refractivity contribution in [1.29, 1.82) is 0 Å². The summed E-state index contributed by atoms with van der Waals surface area (Å²) >= 11 is 0. The number of rotatable bonds is 4. The van der Waals surface area contributed by atoms with Crippen LogP contribution >= 0.6 is 0 Å². The van der Waals surface area contributed by atoms with Crippen molar-refractivity contribution in [2.24, 2.45) is 0 Å². The molecule has 4 aromatic heterocycles. The molecule has 6 nitrogen and oxygen atoms in total. The minimum Gasteiger partial charge on any atom is -0.512 e. The number of fused-ring (bicyclic) bond motifs is 4. The van der Waals surface area contributed by atoms with Gasteiger partial charge in [0.25, 0.3) is 0 Å². The van der Waals surface area contributed by atoms with Crippen LogP contribution in [0.25, 0.3) is 55.6 Å². The first kappa shape index (κ1) is 28.9. The van der Waals surface area contributed by atoms with Crippen LogP contribution in [0.5, 0.6) is 0 Å². The number of aliphatic hydroxyl groups is 1. The van der Waals surface area contributed by atoms with Crippen molar-refractivity contribution >= 4 is 38.8 Å². The van der Waals surface area contributed by atoms with E-state index < -0.39 is 0 Å². The molecule has 6 aromatic rings. The average molecular weight is 710 g/mol. The van der Waals surface area contributed by atoms with E-state index in [-0.39, 0.29) is 31.6 Å². The normalized spacial score (nSPS) is 11.5. The van der Waals surface area contributed by atoms with Gasteiger partial charge in [-0.3, -0.25) is 4.79 Å². The quantitative estimate of drug-likeness (QED) is 0.112. The van der Waals surface area contributed by atoms with E-state index in [0.29, 0.717) is 11.6 Å². The maximum Gasteiger partial charge on any atom is 0.216 e. The first-order valence-electron chi connectivity index (χ1n) is 12.8. The zero-order valence-electron chi connectivity index (χ0n) is 22.9. The van der Waals surface area contributed by atoms with E-state index in [1.54, 1.807) is 6.20 Å². The number of ketones is 1. The van der Waals surface area contributed by atoms with Crippen LogP contribution in [0.1, 0.15) is 44.9 Å². The van der Waals surface area contributed by atoms with E-state index in [1.807, 2.05) is 31.2 Å². The molecule has 0 amide bonds. The van der Waals surface area contributed by atoms with Crippen LogP contribution < -0.4 is 0 Å². The van der Waals surface area contributed by atoms with Crippen LogP contribution in [-0.2, 0) is 24.9 Å². The SMILES string of the molecule is CC(=O)/C=C(/C)O.Cc1ccc2c(n1)oc1c(-c3cc4cc(-c5ccc(C(C)C)cc5)oc4cn3)[c-]ccc12.[Ir]. The molecule has 0 spiro atoms. The van der Waals surface area contributed by atoms with Crippen LogP contribution in [0.4, 0.5) is 0 Å². The van der Waals surface area contributed by atoms with Gasteiger partial charge in [-0.05, 0) is 56.1 Å². The number of pyridine rings is 2. The van der Waals surface area contributed by atoms with Gasteiger partial charge >= 0.3 is 0 Å². The molecule has 7 heteroatoms. The molecule has 2 aromatic carbocycles. The topological polar surface area (TPSA) is 89.4 Å². The number of hydrogen-bond acceptors (Lipinski definition) is 6. The van der Waals surface area contributed by atoms with Gasteiger partial charge in [0.2, 0.25) is 5.71 Å². The Bertz CT molecular complexity index is 1840. The Hall–Kier alpha value is -4.06. The fourth-order valence-corrected chi connectivity index (χ4v) is 4.46. The summed E-state index contributed by atoms with van der Waals surface area (Å²) in [5, 5.41) is 11.4. The number of aliphatic hydroxyl groups excluding tert-OH is 1. The summed E-state index contributed by atoms with van der Waals surface area (Å²) in [5.41, 5.74) is 7.05. The molecule has 6 rings (SSSR count). The Morgan fingerprint density at radius 1 is 1.00 bits per heavy atom. The predicted octanol–water partition coefficient (Wildman–Crippen LogP) is 8.72. The smallest absolute Gasteiger partial charge is 0.216 e. The molecule has 0 bridgehead atoms. The minimum atomic E-state index is -0.125. The van der Waals surface area contributed by atoms with Crippen LogP contribution in [0.2, 0.25) is 0 Å². The third kappa shape index (κ3) is 6.06. The van der Waals surface area contributed by atoms with E-state index in [2.05, 4.69) is 66.3 Å². The standard InChI is InChI=1S/C28H21N2O2.C5H8O2.Ir/c1-16(2)18-8-10-19(11-9-18)25-14-20-13-24(29-15-26(20)31-25)23-6-4-5-21-22-12-7-17(3)30-28(22)32-27(21)23;1-4(6)3-5(2)7;/h4-5,7-16H,1-3H3;3,6H,1-2H3;/q-1;;/b;4-3-;. The van der Waals surface area contributed by atoms with Gasteiger partial charge in [-0.2, -0.15) is 0 Å². The van der Waals surface area contributed by atoms with Crippen LogP contribution in [0, 0.1) is 13.0 Å². The number of hydrogen-bond donors (Lipinski definition) is 1. The molecular formula is C33H29IrN2O4-. The van der Waals surface area contributed by atoms with Crippen molar-refractivity contribution < 1.29 is 38.8 Å². The van der Waals surface area contributed by atoms with Gasteiger partial charge in [0.1, 0.15) is 5.76 Å². The summed E-state index contributed by atoms with van der Waals surface area (Å²) < 4.78 is 12.2. The van der Waals surface area contributed by atoms with Gasteiger partial charge in [0, 0.05) is 48.2 Å². The summed E-state index contributed by atoms with van der Waals surface area (Å²) in [6.07, 6.45) is 2.94. The molecule has 0 aliphatic heterocycles. The maximum absolute atomic E-state index is 10.0. The number of carbonyl (C=O) groups excluding carboxylic acids is 1. The number of benzene rings is 2. The van der Waals surface area contributed by atoms with Gasteiger partial charge in [-0.1, -0.05) is 55.1 Å². The maximum atomic E-state index is 10.0. The van der Waals surface area contributed by atoms with Crippen LogP contribution in [0.3, 0.4) is 0 Å². The Labute approximate surface area is 246 Å². The molecule has 4 heterocycles. The van der Waals surface area contributed by atoms with Crippen molar-refractivity contribution in [2.75, 3.05) is 0 Å². The van der Waals surface area contributed by atoms with Gasteiger partial charge in [-0.15, -0.1) is 18.2 Å². The van der Waals surface area contributed by atoms with Crippen molar-refractivity contribution in [3.05, 3.63) is 96.0 Å². The molecule has 1 radical (unpaired) electrons. The molecular weight excluding hydrogens is 681 g/mol. The fourth-order valence-electron chi connectivity index (χ4n) is 4.46. The molecule has 0 atom stereocenters. The van der Waals surface area contributed by atoms with E-state index in [4.69, 9.17) is 13.9 Å².